The van der Waals surface area contributed by atoms with E-state index in [9.17, 15) is 53.4 Å². The number of carbonyl (C=O) groups excluding carboxylic acids is 8. The lowest BCUT2D eigenvalue weighted by molar-refractivity contribution is -0.415. The number of benzene rings is 1. The van der Waals surface area contributed by atoms with Gasteiger partial charge in [0.15, 0.2) is 6.04 Å². The van der Waals surface area contributed by atoms with Crippen LogP contribution in [0.3, 0.4) is 0 Å². The smallest absolute Gasteiger partial charge is 0.326 e. The van der Waals surface area contributed by atoms with Crippen molar-refractivity contribution in [2.24, 2.45) is 29.6 Å². The third-order valence-corrected chi connectivity index (χ3v) is 13.8. The summed E-state index contributed by atoms with van der Waals surface area (Å²) in [5.41, 5.74) is 4.66. The SMILES string of the molecule is CC[C@H](C)[C@H]([NH3+])C(=O)N[C@@H](CC(C)C)C(=O)N[C@@H](CO)C(=O)N1CCC[C@H]1C(=O)N[C@@H](Cc1ccccc1)C(=O)N[C@H](C(=O)N1CCC[C@H]1C(=O)N[C@@H](CC(C)C)C(=O)N[C@@H](CC(C)C)C(=O)O)[C@@H](C)CC. The van der Waals surface area contributed by atoms with Gasteiger partial charge in [-0.15, -0.1) is 0 Å². The molecule has 2 saturated heterocycles. The van der Waals surface area contributed by atoms with Gasteiger partial charge in [-0.05, 0) is 80.6 Å². The molecular weight excluding hydrogens is 927 g/mol. The molecule has 0 unspecified atom stereocenters. The van der Waals surface area contributed by atoms with Crippen molar-refractivity contribution in [3.8, 4) is 0 Å². The van der Waals surface area contributed by atoms with Crippen molar-refractivity contribution in [3.05, 3.63) is 35.9 Å². The van der Waals surface area contributed by atoms with Crippen LogP contribution in [0.2, 0.25) is 0 Å². The second-order valence-corrected chi connectivity index (χ2v) is 21.1. The van der Waals surface area contributed by atoms with Crippen LogP contribution in [0.4, 0.5) is 0 Å². The molecule has 3 rings (SSSR count). The molecule has 0 saturated carbocycles. The van der Waals surface area contributed by atoms with E-state index in [4.69, 9.17) is 0 Å². The molecule has 1 aromatic carbocycles. The monoisotopic (exact) mass is 1010 g/mol. The van der Waals surface area contributed by atoms with Crippen LogP contribution in [0.5, 0.6) is 0 Å². The number of nitrogens with zero attached hydrogens (tertiary/aromatic N) is 2. The summed E-state index contributed by atoms with van der Waals surface area (Å²) in [6, 6.07) is -0.803. The molecule has 72 heavy (non-hydrogen) atoms. The zero-order chi connectivity index (χ0) is 54.0. The summed E-state index contributed by atoms with van der Waals surface area (Å²) in [5, 5.41) is 36.7. The minimum absolute atomic E-state index is 0.0118. The first-order valence-electron chi connectivity index (χ1n) is 26.1. The molecule has 20 heteroatoms. The quantitative estimate of drug-likeness (QED) is 0.0572. The van der Waals surface area contributed by atoms with Crippen molar-refractivity contribution in [2.45, 2.75) is 188 Å². The van der Waals surface area contributed by atoms with Crippen molar-refractivity contribution in [2.75, 3.05) is 19.7 Å². The van der Waals surface area contributed by atoms with Crippen molar-refractivity contribution < 1.29 is 59.1 Å². The summed E-state index contributed by atoms with van der Waals surface area (Å²) in [6.45, 7) is 18.2. The number of aliphatic hydroxyl groups excluding tert-OH is 1. The number of rotatable bonds is 28. The van der Waals surface area contributed by atoms with E-state index >= 15 is 0 Å². The van der Waals surface area contributed by atoms with E-state index in [1.54, 1.807) is 37.3 Å². The second kappa shape index (κ2) is 29.2. The fraction of sp³-hybridized carbons (Fsp3) is 0.712. The number of likely N-dealkylation sites (tertiary alicyclic amines) is 2. The fourth-order valence-corrected chi connectivity index (χ4v) is 9.17. The Morgan fingerprint density at radius 1 is 0.569 bits per heavy atom. The lowest BCUT2D eigenvalue weighted by Gasteiger charge is -2.33. The summed E-state index contributed by atoms with van der Waals surface area (Å²) >= 11 is 0. The number of carbonyl (C=O) groups is 9. The van der Waals surface area contributed by atoms with Crippen LogP contribution in [-0.2, 0) is 49.6 Å². The maximum Gasteiger partial charge on any atom is 0.326 e. The van der Waals surface area contributed by atoms with Gasteiger partial charge in [0.2, 0.25) is 41.4 Å². The lowest BCUT2D eigenvalue weighted by Crippen LogP contribution is -2.71. The Morgan fingerprint density at radius 2 is 1.00 bits per heavy atom. The summed E-state index contributed by atoms with van der Waals surface area (Å²) in [6.07, 6.45) is 3.22. The Bertz CT molecular complexity index is 2000. The van der Waals surface area contributed by atoms with Crippen LogP contribution in [0.25, 0.3) is 0 Å². The van der Waals surface area contributed by atoms with Crippen molar-refractivity contribution >= 4 is 53.2 Å². The molecule has 0 bridgehead atoms. The van der Waals surface area contributed by atoms with Crippen LogP contribution >= 0.6 is 0 Å². The summed E-state index contributed by atoms with van der Waals surface area (Å²) in [5.74, 6) is -6.62. The average molecular weight is 1010 g/mol. The van der Waals surface area contributed by atoms with Crippen LogP contribution in [0.1, 0.15) is 133 Å². The van der Waals surface area contributed by atoms with Gasteiger partial charge in [-0.25, -0.2) is 4.79 Å². The molecule has 2 fully saturated rings. The third-order valence-electron chi connectivity index (χ3n) is 13.8. The minimum Gasteiger partial charge on any atom is -0.480 e. The van der Waals surface area contributed by atoms with Gasteiger partial charge in [0, 0.05) is 25.4 Å². The van der Waals surface area contributed by atoms with Crippen LogP contribution < -0.4 is 37.6 Å². The number of amides is 8. The number of aliphatic carboxylic acids is 1. The molecule has 404 valence electrons. The number of nitrogens with one attached hydrogen (secondary N) is 6. The van der Waals surface area contributed by atoms with Gasteiger partial charge in [-0.1, -0.05) is 106 Å². The normalized spacial score (nSPS) is 19.5. The maximum absolute atomic E-state index is 14.6. The standard InChI is InChI=1S/C52H85N9O11/c1-11-32(9)42(53)49(68)56-36(25-30(5)6)45(64)58-39(28-62)50(69)60-22-16-20-40(60)47(66)55-37(27-34-18-14-13-15-19-34)46(65)59-43(33(10)12-2)51(70)61-23-17-21-41(61)48(67)54-35(24-29(3)4)44(63)57-38(52(71)72)26-31(7)8/h13-15,18-19,29-33,35-43,62H,11-12,16-17,20-28,53H2,1-10H3,(H,54,67)(H,55,66)(H,56,68)(H,57,63)(H,58,64)(H,59,65)(H,71,72)/p+1/t32-,33-,35-,36-,37-,38-,39-,40-,41-,42-,43-/m0/s1. The highest BCUT2D eigenvalue weighted by Gasteiger charge is 2.43. The van der Waals surface area contributed by atoms with Gasteiger partial charge in [0.05, 0.1) is 6.61 Å². The molecule has 2 aliphatic heterocycles. The number of hydrogen-bond acceptors (Lipinski definition) is 10. The number of carboxylic acid groups (broad SMARTS) is 1. The number of carboxylic acids is 1. The molecule has 1 aromatic rings. The number of quaternary nitrogens is 1. The van der Waals surface area contributed by atoms with E-state index in [0.29, 0.717) is 31.2 Å². The summed E-state index contributed by atoms with van der Waals surface area (Å²) < 4.78 is 0. The topological polar surface area (TPSA) is 300 Å². The first-order valence-corrected chi connectivity index (χ1v) is 26.1. The lowest BCUT2D eigenvalue weighted by atomic mass is 9.96. The Balaban J connectivity index is 1.85. The summed E-state index contributed by atoms with van der Waals surface area (Å²) in [7, 11) is 0. The van der Waals surface area contributed by atoms with Gasteiger partial charge >= 0.3 is 5.97 Å². The first-order chi connectivity index (χ1) is 33.9. The molecule has 0 spiro atoms. The van der Waals surface area contributed by atoms with Gasteiger partial charge in [0.1, 0.15) is 48.3 Å². The Morgan fingerprint density at radius 3 is 1.47 bits per heavy atom. The average Bonchev–Trinajstić information content (AvgIpc) is 4.04. The van der Waals surface area contributed by atoms with Gasteiger partial charge in [0.25, 0.3) is 5.91 Å². The van der Waals surface area contributed by atoms with Crippen LogP contribution in [0.15, 0.2) is 30.3 Å². The predicted octanol–water partition coefficient (Wildman–Crippen LogP) is 1.04. The number of aliphatic hydroxyl groups is 1. The fourth-order valence-electron chi connectivity index (χ4n) is 9.17. The van der Waals surface area contributed by atoms with E-state index in [1.807, 2.05) is 62.3 Å². The van der Waals surface area contributed by atoms with E-state index in [0.717, 1.165) is 0 Å². The summed E-state index contributed by atoms with van der Waals surface area (Å²) in [4.78, 5) is 126. The second-order valence-electron chi connectivity index (χ2n) is 21.1. The van der Waals surface area contributed by atoms with E-state index in [1.165, 1.54) is 9.80 Å². The van der Waals surface area contributed by atoms with E-state index in [2.05, 4.69) is 37.6 Å². The van der Waals surface area contributed by atoms with Gasteiger partial charge in [-0.3, -0.25) is 38.4 Å². The maximum atomic E-state index is 14.6. The Kier molecular flexibility index (Phi) is 24.6. The Hall–Kier alpha value is -5.63. The molecule has 2 aliphatic rings. The predicted molar refractivity (Wildman–Crippen MR) is 270 cm³/mol. The van der Waals surface area contributed by atoms with E-state index in [-0.39, 0.29) is 75.3 Å². The zero-order valence-electron chi connectivity index (χ0n) is 44.3. The van der Waals surface area contributed by atoms with E-state index < -0.39 is 120 Å². The van der Waals surface area contributed by atoms with Gasteiger partial charge in [-0.2, -0.15) is 0 Å². The van der Waals surface area contributed by atoms with Crippen LogP contribution in [0, 0.1) is 29.6 Å². The molecule has 2 heterocycles. The number of hydrogen-bond donors (Lipinski definition) is 9. The highest BCUT2D eigenvalue weighted by Crippen LogP contribution is 2.24. The van der Waals surface area contributed by atoms with Crippen molar-refractivity contribution in [1.29, 1.82) is 0 Å². The molecule has 8 amide bonds. The molecular formula is C52H86N9O11+. The molecule has 0 aromatic heterocycles. The van der Waals surface area contributed by atoms with Crippen LogP contribution in [-0.4, -0.2) is 147 Å². The highest BCUT2D eigenvalue weighted by molar-refractivity contribution is 5.98. The zero-order valence-corrected chi connectivity index (χ0v) is 44.3. The molecule has 11 atom stereocenters. The minimum atomic E-state index is -1.44. The molecule has 11 N–H and O–H groups in total. The third kappa shape index (κ3) is 17.8. The largest absolute Gasteiger partial charge is 0.480 e. The van der Waals surface area contributed by atoms with Crippen molar-refractivity contribution in [3.63, 3.8) is 0 Å². The molecule has 0 aliphatic carbocycles. The van der Waals surface area contributed by atoms with Gasteiger partial charge < -0.3 is 57.6 Å². The molecule has 0 radical (unpaired) electrons. The highest BCUT2D eigenvalue weighted by atomic mass is 16.4. The Labute approximate surface area is 425 Å². The van der Waals surface area contributed by atoms with Crippen molar-refractivity contribution in [1.82, 2.24) is 41.7 Å². The first kappa shape index (κ1) is 60.7. The molecule has 20 nitrogen and oxygen atoms in total.